The molecule has 1 aliphatic rings. The third-order valence-electron chi connectivity index (χ3n) is 4.09. The van der Waals surface area contributed by atoms with Crippen LogP contribution in [0.4, 0.5) is 0 Å². The number of hydrogen-bond acceptors (Lipinski definition) is 5. The predicted molar refractivity (Wildman–Crippen MR) is 81.4 cm³/mol. The quantitative estimate of drug-likeness (QED) is 0.795. The normalized spacial score (nSPS) is 19.8. The average Bonchev–Trinajstić information content (AvgIpc) is 2.96. The smallest absolute Gasteiger partial charge is 0.246 e. The highest BCUT2D eigenvalue weighted by molar-refractivity contribution is 7.89. The molecule has 8 heteroatoms. The van der Waals surface area contributed by atoms with Crippen LogP contribution >= 0.6 is 0 Å². The van der Waals surface area contributed by atoms with Crippen LogP contribution in [0.3, 0.4) is 0 Å². The van der Waals surface area contributed by atoms with E-state index in [-0.39, 0.29) is 4.90 Å². The highest BCUT2D eigenvalue weighted by Gasteiger charge is 2.30. The minimum atomic E-state index is -3.43. The van der Waals surface area contributed by atoms with Gasteiger partial charge in [-0.3, -0.25) is 9.58 Å². The minimum Gasteiger partial charge on any atom is -0.329 e. The van der Waals surface area contributed by atoms with Crippen LogP contribution in [-0.4, -0.2) is 66.2 Å². The van der Waals surface area contributed by atoms with Crippen molar-refractivity contribution in [3.63, 3.8) is 0 Å². The van der Waals surface area contributed by atoms with Gasteiger partial charge >= 0.3 is 0 Å². The number of aromatic nitrogens is 2. The zero-order valence-corrected chi connectivity index (χ0v) is 13.6. The Hall–Kier alpha value is -0.960. The average molecular weight is 315 g/mol. The largest absolute Gasteiger partial charge is 0.329 e. The molecule has 2 heterocycles. The van der Waals surface area contributed by atoms with E-state index in [1.54, 1.807) is 15.2 Å². The third kappa shape index (κ3) is 3.63. The Labute approximate surface area is 126 Å². The standard InChI is InChI=1S/C13H25N5O2S/c1-3-12(2)16-6-8-18(9-7-16)21(19,20)13-10-15-17(11-13)5-4-14/h10-12H,3-9,14H2,1-2H3. The predicted octanol–water partition coefficient (Wildman–Crippen LogP) is -0.0534. The van der Waals surface area contributed by atoms with Crippen LogP contribution in [0.5, 0.6) is 0 Å². The maximum atomic E-state index is 12.6. The van der Waals surface area contributed by atoms with Gasteiger partial charge in [-0.1, -0.05) is 6.92 Å². The molecule has 120 valence electrons. The first-order chi connectivity index (χ1) is 9.98. The summed E-state index contributed by atoms with van der Waals surface area (Å²) < 4.78 is 28.3. The molecule has 0 amide bonds. The lowest BCUT2D eigenvalue weighted by Gasteiger charge is -2.36. The summed E-state index contributed by atoms with van der Waals surface area (Å²) in [6.07, 6.45) is 4.05. The fourth-order valence-corrected chi connectivity index (χ4v) is 3.90. The molecule has 1 saturated heterocycles. The van der Waals surface area contributed by atoms with E-state index in [1.807, 2.05) is 0 Å². The summed E-state index contributed by atoms with van der Waals surface area (Å²) >= 11 is 0. The van der Waals surface area contributed by atoms with Crippen molar-refractivity contribution in [2.24, 2.45) is 5.73 Å². The molecule has 0 aromatic carbocycles. The second kappa shape index (κ2) is 6.87. The van der Waals surface area contributed by atoms with E-state index in [9.17, 15) is 8.42 Å². The highest BCUT2D eigenvalue weighted by Crippen LogP contribution is 2.18. The Morgan fingerprint density at radius 1 is 1.33 bits per heavy atom. The first kappa shape index (κ1) is 16.4. The lowest BCUT2D eigenvalue weighted by molar-refractivity contribution is 0.142. The molecule has 1 aromatic heterocycles. The minimum absolute atomic E-state index is 0.257. The van der Waals surface area contributed by atoms with E-state index >= 15 is 0 Å². The van der Waals surface area contributed by atoms with Gasteiger partial charge < -0.3 is 5.73 Å². The monoisotopic (exact) mass is 315 g/mol. The lowest BCUT2D eigenvalue weighted by atomic mass is 10.2. The van der Waals surface area contributed by atoms with Crippen molar-refractivity contribution < 1.29 is 8.42 Å². The van der Waals surface area contributed by atoms with Gasteiger partial charge in [-0.2, -0.15) is 9.40 Å². The summed E-state index contributed by atoms with van der Waals surface area (Å²) in [5.41, 5.74) is 5.45. The molecule has 21 heavy (non-hydrogen) atoms. The van der Waals surface area contributed by atoms with Crippen LogP contribution in [-0.2, 0) is 16.6 Å². The summed E-state index contributed by atoms with van der Waals surface area (Å²) in [7, 11) is -3.43. The molecule has 1 aromatic rings. The van der Waals surface area contributed by atoms with E-state index in [4.69, 9.17) is 5.73 Å². The first-order valence-corrected chi connectivity index (χ1v) is 8.89. The Kier molecular flexibility index (Phi) is 5.37. The molecule has 0 bridgehead atoms. The van der Waals surface area contributed by atoms with Crippen LogP contribution in [0, 0.1) is 0 Å². The Morgan fingerprint density at radius 3 is 2.57 bits per heavy atom. The number of hydrogen-bond donors (Lipinski definition) is 1. The van der Waals surface area contributed by atoms with Crippen LogP contribution in [0.1, 0.15) is 20.3 Å². The molecule has 0 aliphatic carbocycles. The van der Waals surface area contributed by atoms with Crippen molar-refractivity contribution in [2.45, 2.75) is 37.8 Å². The lowest BCUT2D eigenvalue weighted by Crippen LogP contribution is -2.51. The van der Waals surface area contributed by atoms with E-state index in [0.29, 0.717) is 32.2 Å². The first-order valence-electron chi connectivity index (χ1n) is 7.45. The Balaban J connectivity index is 2.03. The van der Waals surface area contributed by atoms with E-state index in [2.05, 4.69) is 23.8 Å². The Bertz CT molecular complexity index is 549. The summed E-state index contributed by atoms with van der Waals surface area (Å²) in [6, 6.07) is 0.502. The number of sulfonamides is 1. The molecule has 7 nitrogen and oxygen atoms in total. The molecular formula is C13H25N5O2S. The summed E-state index contributed by atoms with van der Waals surface area (Å²) in [6.45, 7) is 7.94. The van der Waals surface area contributed by atoms with E-state index in [0.717, 1.165) is 19.5 Å². The number of piperazine rings is 1. The molecule has 2 rings (SSSR count). The zero-order valence-electron chi connectivity index (χ0n) is 12.8. The van der Waals surface area contributed by atoms with Gasteiger partial charge in [0.2, 0.25) is 10.0 Å². The molecule has 0 spiro atoms. The highest BCUT2D eigenvalue weighted by atomic mass is 32.2. The van der Waals surface area contributed by atoms with Crippen LogP contribution < -0.4 is 5.73 Å². The van der Waals surface area contributed by atoms with Gasteiger partial charge in [0, 0.05) is 45.0 Å². The van der Waals surface area contributed by atoms with Gasteiger partial charge in [0.15, 0.2) is 0 Å². The topological polar surface area (TPSA) is 84.5 Å². The summed E-state index contributed by atoms with van der Waals surface area (Å²) in [5.74, 6) is 0. The fraction of sp³-hybridized carbons (Fsp3) is 0.769. The SMILES string of the molecule is CCC(C)N1CCN(S(=O)(=O)c2cnn(CCN)c2)CC1. The van der Waals surface area contributed by atoms with Gasteiger partial charge in [-0.05, 0) is 13.3 Å². The molecule has 2 N–H and O–H groups in total. The molecule has 1 aliphatic heterocycles. The summed E-state index contributed by atoms with van der Waals surface area (Å²) in [5, 5.41) is 4.04. The van der Waals surface area contributed by atoms with E-state index < -0.39 is 10.0 Å². The third-order valence-corrected chi connectivity index (χ3v) is 5.94. The molecule has 1 unspecified atom stereocenters. The number of nitrogens with two attached hydrogens (primary N) is 1. The van der Waals surface area contributed by atoms with Gasteiger partial charge in [0.05, 0.1) is 12.7 Å². The molecular weight excluding hydrogens is 290 g/mol. The molecule has 1 atom stereocenters. The zero-order chi connectivity index (χ0) is 15.5. The van der Waals surface area contributed by atoms with Crippen LogP contribution in [0.15, 0.2) is 17.3 Å². The maximum absolute atomic E-state index is 12.6. The van der Waals surface area contributed by atoms with Crippen molar-refractivity contribution in [2.75, 3.05) is 32.7 Å². The van der Waals surface area contributed by atoms with Gasteiger partial charge in [-0.15, -0.1) is 0 Å². The maximum Gasteiger partial charge on any atom is 0.246 e. The van der Waals surface area contributed by atoms with Gasteiger partial charge in [0.25, 0.3) is 0 Å². The van der Waals surface area contributed by atoms with Crippen molar-refractivity contribution in [1.82, 2.24) is 19.0 Å². The van der Waals surface area contributed by atoms with Crippen LogP contribution in [0.25, 0.3) is 0 Å². The van der Waals surface area contributed by atoms with Crippen molar-refractivity contribution in [1.29, 1.82) is 0 Å². The molecule has 1 fully saturated rings. The van der Waals surface area contributed by atoms with E-state index in [1.165, 1.54) is 6.20 Å². The number of rotatable bonds is 6. The second-order valence-corrected chi connectivity index (χ2v) is 7.36. The van der Waals surface area contributed by atoms with Crippen molar-refractivity contribution >= 4 is 10.0 Å². The van der Waals surface area contributed by atoms with Gasteiger partial charge in [-0.25, -0.2) is 8.42 Å². The number of nitrogens with zero attached hydrogens (tertiary/aromatic N) is 4. The Morgan fingerprint density at radius 2 is 2.00 bits per heavy atom. The van der Waals surface area contributed by atoms with Crippen LogP contribution in [0.2, 0.25) is 0 Å². The fourth-order valence-electron chi connectivity index (χ4n) is 2.52. The van der Waals surface area contributed by atoms with Crippen molar-refractivity contribution in [3.8, 4) is 0 Å². The second-order valence-electron chi connectivity index (χ2n) is 5.43. The molecule has 0 radical (unpaired) electrons. The van der Waals surface area contributed by atoms with Crippen molar-refractivity contribution in [3.05, 3.63) is 12.4 Å². The van der Waals surface area contributed by atoms with Gasteiger partial charge in [0.1, 0.15) is 4.90 Å². The summed E-state index contributed by atoms with van der Waals surface area (Å²) in [4.78, 5) is 2.59. The molecule has 0 saturated carbocycles.